The molecule has 0 unspecified atom stereocenters. The van der Waals surface area contributed by atoms with Crippen molar-refractivity contribution >= 4 is 28.7 Å². The van der Waals surface area contributed by atoms with E-state index >= 15 is 0 Å². The monoisotopic (exact) mass is 500 g/mol. The number of aromatic amines is 1. The number of carbonyl (C=O) groups is 2. The molecule has 5 rings (SSSR count). The SMILES string of the molecule is Cc1nn(C)c(C)c1-c1cc(C(=O)c2nc3ccc(N4CCC(N(C)C)CC4)nc3[nH]2)ccc1C(N)=O. The molecular formula is C27H32N8O2. The Morgan fingerprint density at radius 2 is 1.81 bits per heavy atom. The van der Waals surface area contributed by atoms with Gasteiger partial charge in [0.2, 0.25) is 11.7 Å². The number of anilines is 1. The predicted molar refractivity (Wildman–Crippen MR) is 143 cm³/mol. The maximum atomic E-state index is 13.5. The number of hydrogen-bond donors (Lipinski definition) is 2. The molecule has 1 amide bonds. The number of primary amides is 1. The molecule has 1 aliphatic rings. The number of aromatic nitrogens is 5. The highest BCUT2D eigenvalue weighted by molar-refractivity contribution is 6.10. The van der Waals surface area contributed by atoms with E-state index < -0.39 is 5.91 Å². The lowest BCUT2D eigenvalue weighted by molar-refractivity contribution is 0.0996. The van der Waals surface area contributed by atoms with Crippen molar-refractivity contribution < 1.29 is 9.59 Å². The second kappa shape index (κ2) is 9.44. The Labute approximate surface area is 215 Å². The standard InChI is InChI=1S/C27H32N8O2/c1-15-23(16(2)34(5)32-15)20-14-17(6-7-19(20)25(28)37)24(36)27-29-21-8-9-22(30-26(21)31-27)35-12-10-18(11-13-35)33(3)4/h6-9,14,18H,10-13H2,1-5H3,(H2,28,37)(H,29,30,31). The first-order chi connectivity index (χ1) is 17.6. The number of amides is 1. The lowest BCUT2D eigenvalue weighted by Crippen LogP contribution is -2.42. The second-order valence-electron chi connectivity index (χ2n) is 9.93. The van der Waals surface area contributed by atoms with E-state index in [-0.39, 0.29) is 11.6 Å². The molecule has 0 spiro atoms. The number of ketones is 1. The zero-order chi connectivity index (χ0) is 26.4. The molecule has 1 fully saturated rings. The molecular weight excluding hydrogens is 468 g/mol. The zero-order valence-electron chi connectivity index (χ0n) is 21.9. The number of nitrogens with zero attached hydrogens (tertiary/aromatic N) is 6. The first-order valence-electron chi connectivity index (χ1n) is 12.4. The van der Waals surface area contributed by atoms with Crippen molar-refractivity contribution in [3.63, 3.8) is 0 Å². The van der Waals surface area contributed by atoms with Crippen LogP contribution >= 0.6 is 0 Å². The Kier molecular flexibility index (Phi) is 6.28. The van der Waals surface area contributed by atoms with E-state index in [0.29, 0.717) is 33.9 Å². The average Bonchev–Trinajstić information content (AvgIpc) is 3.42. The van der Waals surface area contributed by atoms with Gasteiger partial charge in [-0.1, -0.05) is 6.07 Å². The van der Waals surface area contributed by atoms with Gasteiger partial charge in [0.15, 0.2) is 11.5 Å². The Balaban J connectivity index is 1.46. The fraction of sp³-hybridized carbons (Fsp3) is 0.370. The molecule has 3 aromatic heterocycles. The van der Waals surface area contributed by atoms with Gasteiger partial charge in [-0.25, -0.2) is 9.97 Å². The largest absolute Gasteiger partial charge is 0.366 e. The van der Waals surface area contributed by atoms with Gasteiger partial charge in [-0.3, -0.25) is 14.3 Å². The van der Waals surface area contributed by atoms with E-state index in [1.165, 1.54) is 0 Å². The molecule has 1 aromatic carbocycles. The van der Waals surface area contributed by atoms with Crippen molar-refractivity contribution in [2.24, 2.45) is 12.8 Å². The third kappa shape index (κ3) is 4.48. The first-order valence-corrected chi connectivity index (χ1v) is 12.4. The van der Waals surface area contributed by atoms with Crippen molar-refractivity contribution in [2.75, 3.05) is 32.1 Å². The van der Waals surface area contributed by atoms with Gasteiger partial charge in [-0.05, 0) is 70.6 Å². The molecule has 4 heterocycles. The number of H-pyrrole nitrogens is 1. The number of nitrogens with one attached hydrogen (secondary N) is 1. The molecule has 1 aliphatic heterocycles. The van der Waals surface area contributed by atoms with E-state index in [1.54, 1.807) is 22.9 Å². The van der Waals surface area contributed by atoms with Crippen molar-refractivity contribution in [1.82, 2.24) is 29.6 Å². The Hall–Kier alpha value is -4.05. The highest BCUT2D eigenvalue weighted by Gasteiger charge is 2.24. The zero-order valence-corrected chi connectivity index (χ0v) is 21.9. The topological polar surface area (TPSA) is 126 Å². The summed E-state index contributed by atoms with van der Waals surface area (Å²) in [5.74, 6) is 0.223. The molecule has 37 heavy (non-hydrogen) atoms. The first kappa shape index (κ1) is 24.6. The van der Waals surface area contributed by atoms with Gasteiger partial charge in [0.05, 0.1) is 5.69 Å². The van der Waals surface area contributed by atoms with Crippen molar-refractivity contribution in [1.29, 1.82) is 0 Å². The van der Waals surface area contributed by atoms with Crippen LogP contribution < -0.4 is 10.6 Å². The minimum absolute atomic E-state index is 0.198. The van der Waals surface area contributed by atoms with Crippen LogP contribution in [0.25, 0.3) is 22.3 Å². The summed E-state index contributed by atoms with van der Waals surface area (Å²) < 4.78 is 1.75. The number of carbonyl (C=O) groups excluding carboxylic acids is 2. The Morgan fingerprint density at radius 1 is 1.08 bits per heavy atom. The summed E-state index contributed by atoms with van der Waals surface area (Å²) in [5, 5.41) is 4.45. The van der Waals surface area contributed by atoms with Crippen LogP contribution in [0.5, 0.6) is 0 Å². The summed E-state index contributed by atoms with van der Waals surface area (Å²) in [6.07, 6.45) is 2.16. The maximum absolute atomic E-state index is 13.5. The lowest BCUT2D eigenvalue weighted by atomic mass is 9.94. The quantitative estimate of drug-likeness (QED) is 0.390. The van der Waals surface area contributed by atoms with Gasteiger partial charge < -0.3 is 20.5 Å². The fourth-order valence-electron chi connectivity index (χ4n) is 5.19. The highest BCUT2D eigenvalue weighted by atomic mass is 16.1. The van der Waals surface area contributed by atoms with E-state index in [1.807, 2.05) is 33.0 Å². The molecule has 0 atom stereocenters. The minimum atomic E-state index is -0.563. The van der Waals surface area contributed by atoms with Gasteiger partial charge in [0.25, 0.3) is 0 Å². The maximum Gasteiger partial charge on any atom is 0.249 e. The summed E-state index contributed by atoms with van der Waals surface area (Å²) in [7, 11) is 6.08. The van der Waals surface area contributed by atoms with Gasteiger partial charge in [0, 0.05) is 48.6 Å². The summed E-state index contributed by atoms with van der Waals surface area (Å²) in [6, 6.07) is 9.33. The van der Waals surface area contributed by atoms with Crippen molar-refractivity contribution in [3.05, 3.63) is 58.7 Å². The van der Waals surface area contributed by atoms with Gasteiger partial charge in [-0.2, -0.15) is 5.10 Å². The lowest BCUT2D eigenvalue weighted by Gasteiger charge is -2.35. The molecule has 0 saturated carbocycles. The molecule has 1 saturated heterocycles. The number of hydrogen-bond acceptors (Lipinski definition) is 7. The van der Waals surface area contributed by atoms with Gasteiger partial charge in [0.1, 0.15) is 11.3 Å². The van der Waals surface area contributed by atoms with Crippen molar-refractivity contribution in [3.8, 4) is 11.1 Å². The molecule has 4 aromatic rings. The van der Waals surface area contributed by atoms with Crippen molar-refractivity contribution in [2.45, 2.75) is 32.7 Å². The summed E-state index contributed by atoms with van der Waals surface area (Å²) >= 11 is 0. The smallest absolute Gasteiger partial charge is 0.249 e. The predicted octanol–water partition coefficient (Wildman–Crippen LogP) is 2.84. The molecule has 192 valence electrons. The van der Waals surface area contributed by atoms with Crippen LogP contribution in [-0.2, 0) is 7.05 Å². The number of nitrogens with two attached hydrogens (primary N) is 1. The van der Waals surface area contributed by atoms with Crippen LogP contribution in [0.3, 0.4) is 0 Å². The minimum Gasteiger partial charge on any atom is -0.366 e. The second-order valence-corrected chi connectivity index (χ2v) is 9.93. The van der Waals surface area contributed by atoms with Crippen LogP contribution in [0, 0.1) is 13.8 Å². The number of pyridine rings is 1. The van der Waals surface area contributed by atoms with Crippen LogP contribution in [0.4, 0.5) is 5.82 Å². The molecule has 3 N–H and O–H groups in total. The van der Waals surface area contributed by atoms with Gasteiger partial charge >= 0.3 is 0 Å². The van der Waals surface area contributed by atoms with E-state index in [0.717, 1.165) is 48.7 Å². The van der Waals surface area contributed by atoms with E-state index in [2.05, 4.69) is 39.0 Å². The fourth-order valence-corrected chi connectivity index (χ4v) is 5.19. The number of fused-ring (bicyclic) bond motifs is 1. The third-order valence-corrected chi connectivity index (χ3v) is 7.39. The van der Waals surface area contributed by atoms with E-state index in [9.17, 15) is 9.59 Å². The van der Waals surface area contributed by atoms with Crippen LogP contribution in [-0.4, -0.2) is 74.5 Å². The third-order valence-electron chi connectivity index (χ3n) is 7.39. The molecule has 10 nitrogen and oxygen atoms in total. The molecule has 0 aliphatic carbocycles. The molecule has 10 heteroatoms. The van der Waals surface area contributed by atoms with Crippen LogP contribution in [0.1, 0.15) is 50.8 Å². The number of piperidine rings is 1. The number of imidazole rings is 1. The molecule has 0 bridgehead atoms. The Morgan fingerprint density at radius 3 is 2.43 bits per heavy atom. The number of rotatable bonds is 6. The molecule has 0 radical (unpaired) electrons. The number of benzene rings is 1. The highest BCUT2D eigenvalue weighted by Crippen LogP contribution is 2.31. The Bertz CT molecular complexity index is 1510. The van der Waals surface area contributed by atoms with Gasteiger partial charge in [-0.15, -0.1) is 0 Å². The van der Waals surface area contributed by atoms with E-state index in [4.69, 9.17) is 10.7 Å². The summed E-state index contributed by atoms with van der Waals surface area (Å²) in [5.41, 5.74) is 10.6. The van der Waals surface area contributed by atoms with Crippen LogP contribution in [0.2, 0.25) is 0 Å². The summed E-state index contributed by atoms with van der Waals surface area (Å²) in [4.78, 5) is 42.6. The average molecular weight is 501 g/mol. The van der Waals surface area contributed by atoms with Crippen LogP contribution in [0.15, 0.2) is 30.3 Å². The number of aryl methyl sites for hydroxylation is 2. The summed E-state index contributed by atoms with van der Waals surface area (Å²) in [6.45, 7) is 5.65. The normalized spacial score (nSPS) is 14.6.